The Labute approximate surface area is 167 Å². The molecule has 0 fully saturated rings. The Morgan fingerprint density at radius 3 is 1.14 bits per heavy atom. The highest BCUT2D eigenvalue weighted by atomic mass is 16.5. The zero-order valence-corrected chi connectivity index (χ0v) is 17.4. The summed E-state index contributed by atoms with van der Waals surface area (Å²) in [7, 11) is 0. The first-order valence-corrected chi connectivity index (χ1v) is 9.36. The minimum absolute atomic E-state index is 0.474. The van der Waals surface area contributed by atoms with Crippen molar-refractivity contribution < 1.29 is 9.47 Å². The zero-order valence-electron chi connectivity index (χ0n) is 17.4. The smallest absolute Gasteiger partial charge is 0.154 e. The second-order valence-corrected chi connectivity index (χ2v) is 7.59. The maximum Gasteiger partial charge on any atom is 0.154 e. The summed E-state index contributed by atoms with van der Waals surface area (Å²) < 4.78 is 12.4. The first-order chi connectivity index (χ1) is 13.2. The molecule has 0 saturated carbocycles. The molecule has 0 aliphatic rings. The Kier molecular flexibility index (Phi) is 5.23. The van der Waals surface area contributed by atoms with Gasteiger partial charge in [0.15, 0.2) is 11.5 Å². The SMILES string of the molecule is Cc1cc(C)c(Oc2cc(Oc3c(C)cc(C)cc3C)c(N)cc2N)c(C)c1. The van der Waals surface area contributed by atoms with E-state index in [-0.39, 0.29) is 0 Å². The number of nitrogens with two attached hydrogens (primary N) is 2. The van der Waals surface area contributed by atoms with Gasteiger partial charge in [-0.05, 0) is 69.9 Å². The van der Waals surface area contributed by atoms with Gasteiger partial charge < -0.3 is 20.9 Å². The highest BCUT2D eigenvalue weighted by Gasteiger charge is 2.15. The Morgan fingerprint density at radius 2 is 0.821 bits per heavy atom. The maximum absolute atomic E-state index is 6.18. The van der Waals surface area contributed by atoms with Gasteiger partial charge in [0.05, 0.1) is 11.4 Å². The Balaban J connectivity index is 2.00. The maximum atomic E-state index is 6.18. The van der Waals surface area contributed by atoms with Crippen LogP contribution in [0.1, 0.15) is 33.4 Å². The van der Waals surface area contributed by atoms with Crippen molar-refractivity contribution in [2.75, 3.05) is 11.5 Å². The van der Waals surface area contributed by atoms with Crippen LogP contribution in [-0.2, 0) is 0 Å². The lowest BCUT2D eigenvalue weighted by Gasteiger charge is -2.18. The topological polar surface area (TPSA) is 70.5 Å². The molecular formula is C24H28N2O2. The summed E-state index contributed by atoms with van der Waals surface area (Å²) in [6.07, 6.45) is 0. The van der Waals surface area contributed by atoms with Gasteiger partial charge in [0.25, 0.3) is 0 Å². The zero-order chi connectivity index (χ0) is 20.6. The number of hydrogen-bond donors (Lipinski definition) is 2. The van der Waals surface area contributed by atoms with Gasteiger partial charge in [-0.2, -0.15) is 0 Å². The molecule has 28 heavy (non-hydrogen) atoms. The fourth-order valence-electron chi connectivity index (χ4n) is 3.65. The highest BCUT2D eigenvalue weighted by molar-refractivity contribution is 5.69. The highest BCUT2D eigenvalue weighted by Crippen LogP contribution is 2.40. The number of anilines is 2. The Hall–Kier alpha value is -3.14. The van der Waals surface area contributed by atoms with Gasteiger partial charge in [0, 0.05) is 6.07 Å². The fourth-order valence-corrected chi connectivity index (χ4v) is 3.65. The Morgan fingerprint density at radius 1 is 0.500 bits per heavy atom. The molecule has 0 unspecified atom stereocenters. The Bertz CT molecular complexity index is 928. The molecule has 3 aromatic rings. The van der Waals surface area contributed by atoms with Gasteiger partial charge in [0.2, 0.25) is 0 Å². The molecule has 0 aliphatic carbocycles. The first-order valence-electron chi connectivity index (χ1n) is 9.36. The minimum atomic E-state index is 0.474. The normalized spacial score (nSPS) is 10.8. The van der Waals surface area contributed by atoms with Crippen LogP contribution < -0.4 is 20.9 Å². The van der Waals surface area contributed by atoms with Crippen molar-refractivity contribution >= 4 is 11.4 Å². The molecule has 4 N–H and O–H groups in total. The van der Waals surface area contributed by atoms with Crippen LogP contribution in [0.4, 0.5) is 11.4 Å². The number of aryl methyl sites for hydroxylation is 6. The van der Waals surface area contributed by atoms with E-state index >= 15 is 0 Å². The van der Waals surface area contributed by atoms with Crippen molar-refractivity contribution in [2.45, 2.75) is 41.5 Å². The summed E-state index contributed by atoms with van der Waals surface area (Å²) in [6.45, 7) is 12.2. The van der Waals surface area contributed by atoms with Crippen LogP contribution >= 0.6 is 0 Å². The second-order valence-electron chi connectivity index (χ2n) is 7.59. The summed E-state index contributed by atoms with van der Waals surface area (Å²) >= 11 is 0. The van der Waals surface area contributed by atoms with Crippen LogP contribution in [-0.4, -0.2) is 0 Å². The average Bonchev–Trinajstić information content (AvgIpc) is 2.57. The molecule has 0 saturated heterocycles. The molecule has 0 aromatic heterocycles. The first kappa shape index (κ1) is 19.6. The molecule has 146 valence electrons. The van der Waals surface area contributed by atoms with E-state index in [0.29, 0.717) is 22.9 Å². The minimum Gasteiger partial charge on any atom is -0.455 e. The third kappa shape index (κ3) is 3.91. The number of nitrogen functional groups attached to an aromatic ring is 2. The monoisotopic (exact) mass is 376 g/mol. The summed E-state index contributed by atoms with van der Waals surface area (Å²) in [6, 6.07) is 11.8. The number of hydrogen-bond acceptors (Lipinski definition) is 4. The lowest BCUT2D eigenvalue weighted by molar-refractivity contribution is 0.456. The van der Waals surface area contributed by atoms with E-state index in [9.17, 15) is 0 Å². The molecule has 0 radical (unpaired) electrons. The molecule has 4 nitrogen and oxygen atoms in total. The van der Waals surface area contributed by atoms with Gasteiger partial charge in [0.1, 0.15) is 11.5 Å². The number of ether oxygens (including phenoxy) is 2. The number of benzene rings is 3. The van der Waals surface area contributed by atoms with E-state index in [1.54, 1.807) is 12.1 Å². The molecule has 3 aromatic carbocycles. The van der Waals surface area contributed by atoms with Crippen molar-refractivity contribution in [1.29, 1.82) is 0 Å². The van der Waals surface area contributed by atoms with E-state index in [1.807, 2.05) is 27.7 Å². The molecular weight excluding hydrogens is 348 g/mol. The van der Waals surface area contributed by atoms with Crippen molar-refractivity contribution in [3.05, 3.63) is 69.8 Å². The molecule has 0 bridgehead atoms. The van der Waals surface area contributed by atoms with Crippen molar-refractivity contribution in [2.24, 2.45) is 0 Å². The van der Waals surface area contributed by atoms with Crippen LogP contribution in [0.25, 0.3) is 0 Å². The molecule has 0 spiro atoms. The van der Waals surface area contributed by atoms with Crippen molar-refractivity contribution in [1.82, 2.24) is 0 Å². The van der Waals surface area contributed by atoms with Gasteiger partial charge >= 0.3 is 0 Å². The third-order valence-corrected chi connectivity index (χ3v) is 4.78. The molecule has 3 rings (SSSR count). The quantitative estimate of drug-likeness (QED) is 0.525. The predicted octanol–water partition coefficient (Wildman–Crippen LogP) is 6.29. The van der Waals surface area contributed by atoms with E-state index in [0.717, 1.165) is 33.8 Å². The molecule has 0 heterocycles. The summed E-state index contributed by atoms with van der Waals surface area (Å²) in [5.74, 6) is 2.66. The average molecular weight is 377 g/mol. The van der Waals surface area contributed by atoms with E-state index in [1.165, 1.54) is 11.1 Å². The van der Waals surface area contributed by atoms with Crippen molar-refractivity contribution in [3.8, 4) is 23.0 Å². The third-order valence-electron chi connectivity index (χ3n) is 4.78. The van der Waals surface area contributed by atoms with E-state index < -0.39 is 0 Å². The van der Waals surface area contributed by atoms with Gasteiger partial charge in [-0.3, -0.25) is 0 Å². The molecule has 4 heteroatoms. The van der Waals surface area contributed by atoms with Gasteiger partial charge in [-0.25, -0.2) is 0 Å². The lowest BCUT2D eigenvalue weighted by Crippen LogP contribution is -2.01. The molecule has 0 aliphatic heterocycles. The second kappa shape index (κ2) is 7.47. The summed E-state index contributed by atoms with van der Waals surface area (Å²) in [5, 5.41) is 0. The van der Waals surface area contributed by atoms with Crippen LogP contribution in [0, 0.1) is 41.5 Å². The van der Waals surface area contributed by atoms with Crippen LogP contribution in [0.15, 0.2) is 36.4 Å². The summed E-state index contributed by atoms with van der Waals surface area (Å²) in [4.78, 5) is 0. The van der Waals surface area contributed by atoms with Crippen LogP contribution in [0.3, 0.4) is 0 Å². The van der Waals surface area contributed by atoms with Gasteiger partial charge in [-0.1, -0.05) is 35.4 Å². The standard InChI is InChI=1S/C24H28N2O2/c1-13-7-15(3)23(16(4)8-13)27-21-12-22(20(26)11-19(21)25)28-24-17(5)9-14(2)10-18(24)6/h7-12H,25-26H2,1-6H3. The van der Waals surface area contributed by atoms with E-state index in [4.69, 9.17) is 20.9 Å². The molecule has 0 atom stereocenters. The number of rotatable bonds is 4. The fraction of sp³-hybridized carbons (Fsp3) is 0.250. The van der Waals surface area contributed by atoms with E-state index in [2.05, 4.69) is 38.1 Å². The molecule has 0 amide bonds. The predicted molar refractivity (Wildman–Crippen MR) is 117 cm³/mol. The van der Waals surface area contributed by atoms with Crippen LogP contribution in [0.2, 0.25) is 0 Å². The van der Waals surface area contributed by atoms with Crippen LogP contribution in [0.5, 0.6) is 23.0 Å². The van der Waals surface area contributed by atoms with Gasteiger partial charge in [-0.15, -0.1) is 0 Å². The van der Waals surface area contributed by atoms with Crippen molar-refractivity contribution in [3.63, 3.8) is 0 Å². The lowest BCUT2D eigenvalue weighted by atomic mass is 10.1. The summed E-state index contributed by atoms with van der Waals surface area (Å²) in [5.41, 5.74) is 19.9. The largest absolute Gasteiger partial charge is 0.455 e.